The van der Waals surface area contributed by atoms with E-state index in [1.165, 1.54) is 6.20 Å². The summed E-state index contributed by atoms with van der Waals surface area (Å²) in [5.74, 6) is 0. The van der Waals surface area contributed by atoms with Gasteiger partial charge in [-0.25, -0.2) is 4.99 Å². The summed E-state index contributed by atoms with van der Waals surface area (Å²) in [5.41, 5.74) is 5.14. The van der Waals surface area contributed by atoms with Gasteiger partial charge in [-0.1, -0.05) is 0 Å². The third-order valence-corrected chi connectivity index (χ3v) is 0.980. The topological polar surface area (TPSA) is 93.5 Å². The van der Waals surface area contributed by atoms with Crippen molar-refractivity contribution in [3.05, 3.63) is 22.0 Å². The Labute approximate surface area is 56.6 Å². The Morgan fingerprint density at radius 3 is 3.00 bits per heavy atom. The zero-order valence-electron chi connectivity index (χ0n) is 5.02. The van der Waals surface area contributed by atoms with Gasteiger partial charge in [-0.3, -0.25) is 15.8 Å². The first kappa shape index (κ1) is 6.69. The average molecular weight is 142 g/mol. The lowest BCUT2D eigenvalue weighted by atomic mass is 10.5. The highest BCUT2D eigenvalue weighted by Crippen LogP contribution is 1.94. The number of nitro groups is 1. The molecule has 0 radical (unpaired) electrons. The molecule has 1 heterocycles. The molecule has 0 spiro atoms. The Balaban J connectivity index is 2.67. The van der Waals surface area contributed by atoms with Gasteiger partial charge < -0.3 is 5.32 Å². The molecule has 1 unspecified atom stereocenters. The van der Waals surface area contributed by atoms with Crippen molar-refractivity contribution in [2.45, 2.75) is 6.29 Å². The molecule has 0 saturated carbocycles. The molecule has 0 saturated heterocycles. The van der Waals surface area contributed by atoms with Crippen molar-refractivity contribution in [3.8, 4) is 0 Å². The standard InChI is InChI=1S/C4H6N4O2/c5-4-6-1-3(2-7-4)8(9)10/h1-2,4,6H,5H2. The number of aliphatic imine (C=N–C) groups is 1. The number of hydrogen-bond acceptors (Lipinski definition) is 5. The van der Waals surface area contributed by atoms with Gasteiger partial charge >= 0.3 is 5.70 Å². The highest BCUT2D eigenvalue weighted by Gasteiger charge is 2.11. The minimum absolute atomic E-state index is 0.0818. The van der Waals surface area contributed by atoms with Crippen LogP contribution >= 0.6 is 0 Å². The van der Waals surface area contributed by atoms with E-state index in [1.807, 2.05) is 0 Å². The van der Waals surface area contributed by atoms with E-state index in [0.29, 0.717) is 0 Å². The van der Waals surface area contributed by atoms with Crippen LogP contribution in [0.25, 0.3) is 0 Å². The summed E-state index contributed by atoms with van der Waals surface area (Å²) in [4.78, 5) is 13.1. The van der Waals surface area contributed by atoms with Crippen LogP contribution in [-0.4, -0.2) is 17.4 Å². The van der Waals surface area contributed by atoms with Crippen LogP contribution in [-0.2, 0) is 0 Å². The molecule has 1 aliphatic rings. The average Bonchev–Trinajstić information content (AvgIpc) is 1.88. The Morgan fingerprint density at radius 2 is 2.60 bits per heavy atom. The van der Waals surface area contributed by atoms with Crippen molar-refractivity contribution in [3.63, 3.8) is 0 Å². The third-order valence-electron chi connectivity index (χ3n) is 0.980. The van der Waals surface area contributed by atoms with E-state index in [1.54, 1.807) is 0 Å². The summed E-state index contributed by atoms with van der Waals surface area (Å²) >= 11 is 0. The van der Waals surface area contributed by atoms with E-state index in [0.717, 1.165) is 6.21 Å². The molecule has 10 heavy (non-hydrogen) atoms. The molecule has 0 aliphatic carbocycles. The Morgan fingerprint density at radius 1 is 1.90 bits per heavy atom. The van der Waals surface area contributed by atoms with Crippen molar-refractivity contribution in [2.75, 3.05) is 0 Å². The van der Waals surface area contributed by atoms with Gasteiger partial charge in [0.1, 0.15) is 6.21 Å². The molecule has 0 aromatic heterocycles. The van der Waals surface area contributed by atoms with Crippen LogP contribution in [0.15, 0.2) is 16.9 Å². The smallest absolute Gasteiger partial charge is 0.302 e. The van der Waals surface area contributed by atoms with Crippen molar-refractivity contribution < 1.29 is 4.92 Å². The predicted molar refractivity (Wildman–Crippen MR) is 34.7 cm³/mol. The second-order valence-corrected chi connectivity index (χ2v) is 1.72. The van der Waals surface area contributed by atoms with Gasteiger partial charge in [0.2, 0.25) is 0 Å². The van der Waals surface area contributed by atoms with Gasteiger partial charge in [0.05, 0.1) is 11.1 Å². The van der Waals surface area contributed by atoms with Crippen LogP contribution in [0.5, 0.6) is 0 Å². The maximum absolute atomic E-state index is 10.0. The van der Waals surface area contributed by atoms with Gasteiger partial charge in [-0.05, 0) is 0 Å². The summed E-state index contributed by atoms with van der Waals surface area (Å²) in [6.07, 6.45) is 1.79. The van der Waals surface area contributed by atoms with Crippen molar-refractivity contribution in [2.24, 2.45) is 10.7 Å². The summed E-state index contributed by atoms with van der Waals surface area (Å²) in [5, 5.41) is 12.5. The third kappa shape index (κ3) is 1.29. The fraction of sp³-hybridized carbons (Fsp3) is 0.250. The van der Waals surface area contributed by atoms with Crippen molar-refractivity contribution >= 4 is 6.21 Å². The lowest BCUT2D eigenvalue weighted by Crippen LogP contribution is -2.35. The van der Waals surface area contributed by atoms with Gasteiger partial charge in [0, 0.05) is 0 Å². The number of nitrogens with zero attached hydrogens (tertiary/aromatic N) is 2. The van der Waals surface area contributed by atoms with Crippen LogP contribution in [0.4, 0.5) is 0 Å². The number of allylic oxidation sites excluding steroid dienone is 1. The van der Waals surface area contributed by atoms with Crippen LogP contribution < -0.4 is 11.1 Å². The fourth-order valence-corrected chi connectivity index (χ4v) is 0.508. The van der Waals surface area contributed by atoms with E-state index in [9.17, 15) is 10.1 Å². The predicted octanol–water partition coefficient (Wildman–Crippen LogP) is -0.979. The molecule has 3 N–H and O–H groups in total. The first-order chi connectivity index (χ1) is 4.70. The first-order valence-electron chi connectivity index (χ1n) is 2.59. The maximum atomic E-state index is 10.0. The molecule has 0 amide bonds. The molecule has 0 fully saturated rings. The Bertz CT molecular complexity index is 209. The number of hydrogen-bond donors (Lipinski definition) is 2. The van der Waals surface area contributed by atoms with Crippen molar-refractivity contribution in [1.82, 2.24) is 5.32 Å². The molecular formula is C4H6N4O2. The number of rotatable bonds is 1. The molecule has 54 valence electrons. The fourth-order valence-electron chi connectivity index (χ4n) is 0.508. The van der Waals surface area contributed by atoms with E-state index in [-0.39, 0.29) is 5.70 Å². The van der Waals surface area contributed by atoms with Crippen molar-refractivity contribution in [1.29, 1.82) is 0 Å². The summed E-state index contributed by atoms with van der Waals surface area (Å²) in [6, 6.07) is 0. The van der Waals surface area contributed by atoms with Crippen LogP contribution in [0, 0.1) is 10.1 Å². The molecule has 1 aliphatic heterocycles. The molecule has 6 nitrogen and oxygen atoms in total. The van der Waals surface area contributed by atoms with Crippen LogP contribution in [0.3, 0.4) is 0 Å². The molecular weight excluding hydrogens is 136 g/mol. The normalized spacial score (nSPS) is 23.3. The quantitative estimate of drug-likeness (QED) is 0.363. The molecule has 0 aromatic carbocycles. The highest BCUT2D eigenvalue weighted by molar-refractivity contribution is 5.76. The van der Waals surface area contributed by atoms with E-state index in [4.69, 9.17) is 5.73 Å². The van der Waals surface area contributed by atoms with Gasteiger partial charge in [0.25, 0.3) is 0 Å². The number of nitrogens with two attached hydrogens (primary N) is 1. The SMILES string of the molecule is NC1N=CC([N+](=O)[O-])=CN1. The second kappa shape index (κ2) is 2.44. The van der Waals surface area contributed by atoms with Gasteiger partial charge in [0.15, 0.2) is 6.29 Å². The molecule has 0 bridgehead atoms. The molecule has 6 heteroatoms. The van der Waals surface area contributed by atoms with Crippen LogP contribution in [0.2, 0.25) is 0 Å². The zero-order chi connectivity index (χ0) is 7.56. The lowest BCUT2D eigenvalue weighted by Gasteiger charge is -2.08. The monoisotopic (exact) mass is 142 g/mol. The summed E-state index contributed by atoms with van der Waals surface area (Å²) in [6.45, 7) is 0. The lowest BCUT2D eigenvalue weighted by molar-refractivity contribution is -0.415. The first-order valence-corrected chi connectivity index (χ1v) is 2.59. The molecule has 1 rings (SSSR count). The summed E-state index contributed by atoms with van der Waals surface area (Å²) in [7, 11) is 0. The number of nitrogens with one attached hydrogen (secondary N) is 1. The van der Waals surface area contributed by atoms with E-state index < -0.39 is 11.2 Å². The largest absolute Gasteiger partial charge is 0.352 e. The van der Waals surface area contributed by atoms with E-state index >= 15 is 0 Å². The van der Waals surface area contributed by atoms with Gasteiger partial charge in [-0.2, -0.15) is 0 Å². The Hall–Kier alpha value is -1.43. The summed E-state index contributed by atoms with van der Waals surface area (Å²) < 4.78 is 0. The highest BCUT2D eigenvalue weighted by atomic mass is 16.6. The minimum atomic E-state index is -0.552. The van der Waals surface area contributed by atoms with Crippen LogP contribution in [0.1, 0.15) is 0 Å². The molecule has 0 aromatic rings. The molecule has 1 atom stereocenters. The second-order valence-electron chi connectivity index (χ2n) is 1.72. The van der Waals surface area contributed by atoms with E-state index in [2.05, 4.69) is 10.3 Å². The van der Waals surface area contributed by atoms with Gasteiger partial charge in [-0.15, -0.1) is 0 Å². The minimum Gasteiger partial charge on any atom is -0.352 e. The zero-order valence-corrected chi connectivity index (χ0v) is 5.02. The Kier molecular flexibility index (Phi) is 1.63. The maximum Gasteiger partial charge on any atom is 0.302 e.